The van der Waals surface area contributed by atoms with Gasteiger partial charge in [0.25, 0.3) is 5.91 Å². The SMILES string of the molecule is C=CCOc1ccc(C[NH+](C)CC(=O)Nc2ccc(C)cc2F)cc1. The third kappa shape index (κ3) is 6.04. The van der Waals surface area contributed by atoms with E-state index in [1.54, 1.807) is 25.1 Å². The fourth-order valence-corrected chi connectivity index (χ4v) is 2.46. The Labute approximate surface area is 147 Å². The van der Waals surface area contributed by atoms with Crippen molar-refractivity contribution in [3.05, 3.63) is 72.1 Å². The van der Waals surface area contributed by atoms with Crippen LogP contribution < -0.4 is 15.0 Å². The molecule has 4 nitrogen and oxygen atoms in total. The van der Waals surface area contributed by atoms with E-state index in [9.17, 15) is 9.18 Å². The van der Waals surface area contributed by atoms with Crippen LogP contribution in [0.15, 0.2) is 55.1 Å². The summed E-state index contributed by atoms with van der Waals surface area (Å²) in [4.78, 5) is 13.1. The average Bonchev–Trinajstić information content (AvgIpc) is 2.56. The largest absolute Gasteiger partial charge is 0.490 e. The van der Waals surface area contributed by atoms with E-state index >= 15 is 0 Å². The van der Waals surface area contributed by atoms with Gasteiger partial charge in [0.05, 0.1) is 12.7 Å². The predicted molar refractivity (Wildman–Crippen MR) is 97.4 cm³/mol. The number of halogens is 1. The highest BCUT2D eigenvalue weighted by Gasteiger charge is 2.13. The smallest absolute Gasteiger partial charge is 0.279 e. The van der Waals surface area contributed by atoms with Gasteiger partial charge >= 0.3 is 0 Å². The van der Waals surface area contributed by atoms with Crippen molar-refractivity contribution >= 4 is 11.6 Å². The van der Waals surface area contributed by atoms with Gasteiger partial charge in [0, 0.05) is 5.56 Å². The summed E-state index contributed by atoms with van der Waals surface area (Å²) in [7, 11) is 1.92. The van der Waals surface area contributed by atoms with Crippen molar-refractivity contribution < 1.29 is 18.8 Å². The number of hydrogen-bond acceptors (Lipinski definition) is 2. The molecule has 0 fully saturated rings. The molecule has 1 amide bonds. The molecule has 0 radical (unpaired) electrons. The fourth-order valence-electron chi connectivity index (χ4n) is 2.46. The van der Waals surface area contributed by atoms with Gasteiger partial charge in [-0.3, -0.25) is 4.79 Å². The van der Waals surface area contributed by atoms with Crippen LogP contribution >= 0.6 is 0 Å². The molecule has 132 valence electrons. The number of carbonyl (C=O) groups excluding carboxylic acids is 1. The van der Waals surface area contributed by atoms with Gasteiger partial charge in [0.2, 0.25) is 0 Å². The second-order valence-electron chi connectivity index (χ2n) is 6.09. The molecule has 0 heterocycles. The van der Waals surface area contributed by atoms with Gasteiger partial charge < -0.3 is 15.0 Å². The molecule has 2 rings (SSSR count). The molecule has 2 aromatic rings. The molecule has 1 atom stereocenters. The van der Waals surface area contributed by atoms with Crippen molar-refractivity contribution in [2.45, 2.75) is 13.5 Å². The number of carbonyl (C=O) groups is 1. The quantitative estimate of drug-likeness (QED) is 0.723. The molecule has 0 saturated heterocycles. The Hall–Kier alpha value is -2.66. The lowest BCUT2D eigenvalue weighted by Crippen LogP contribution is -3.08. The maximum absolute atomic E-state index is 13.8. The number of benzene rings is 2. The van der Waals surface area contributed by atoms with Gasteiger partial charge in [0.1, 0.15) is 24.7 Å². The maximum Gasteiger partial charge on any atom is 0.279 e. The summed E-state index contributed by atoms with van der Waals surface area (Å²) in [6.07, 6.45) is 1.70. The van der Waals surface area contributed by atoms with Crippen LogP contribution in [-0.4, -0.2) is 26.1 Å². The molecule has 5 heteroatoms. The fraction of sp³-hybridized carbons (Fsp3) is 0.250. The Morgan fingerprint density at radius 1 is 1.28 bits per heavy atom. The van der Waals surface area contributed by atoms with Crippen molar-refractivity contribution in [3.63, 3.8) is 0 Å². The lowest BCUT2D eigenvalue weighted by molar-refractivity contribution is -0.885. The topological polar surface area (TPSA) is 42.8 Å². The van der Waals surface area contributed by atoms with E-state index in [0.29, 0.717) is 13.2 Å². The first-order valence-electron chi connectivity index (χ1n) is 8.18. The van der Waals surface area contributed by atoms with Crippen LogP contribution in [0.5, 0.6) is 5.75 Å². The van der Waals surface area contributed by atoms with Crippen LogP contribution in [0.1, 0.15) is 11.1 Å². The van der Waals surface area contributed by atoms with Gasteiger partial charge in [-0.1, -0.05) is 18.7 Å². The van der Waals surface area contributed by atoms with Crippen molar-refractivity contribution in [3.8, 4) is 5.75 Å². The number of ether oxygens (including phenoxy) is 1. The van der Waals surface area contributed by atoms with Crippen LogP contribution in [0.4, 0.5) is 10.1 Å². The molecular formula is C20H24FN2O2+. The zero-order valence-electron chi connectivity index (χ0n) is 14.6. The normalized spacial score (nSPS) is 11.6. The zero-order valence-corrected chi connectivity index (χ0v) is 14.6. The van der Waals surface area contributed by atoms with Gasteiger partial charge in [-0.25, -0.2) is 4.39 Å². The van der Waals surface area contributed by atoms with E-state index in [0.717, 1.165) is 21.8 Å². The number of anilines is 1. The van der Waals surface area contributed by atoms with Gasteiger partial charge in [-0.2, -0.15) is 0 Å². The molecule has 2 N–H and O–H groups in total. The van der Waals surface area contributed by atoms with Crippen LogP contribution in [0, 0.1) is 12.7 Å². The van der Waals surface area contributed by atoms with E-state index in [4.69, 9.17) is 4.74 Å². The average molecular weight is 343 g/mol. The third-order valence-electron chi connectivity index (χ3n) is 3.66. The Morgan fingerprint density at radius 2 is 2.00 bits per heavy atom. The molecule has 2 aromatic carbocycles. The molecule has 0 spiro atoms. The summed E-state index contributed by atoms with van der Waals surface area (Å²) < 4.78 is 19.2. The number of likely N-dealkylation sites (N-methyl/N-ethyl adjacent to an activating group) is 1. The molecule has 0 aliphatic rings. The lowest BCUT2D eigenvalue weighted by atomic mass is 10.2. The Balaban J connectivity index is 1.85. The standard InChI is InChI=1S/C20H23FN2O2/c1-4-11-25-17-8-6-16(7-9-17)13-23(3)14-20(24)22-19-10-5-15(2)12-18(19)21/h4-10,12H,1,11,13-14H2,2-3H3,(H,22,24)/p+1. The third-order valence-corrected chi connectivity index (χ3v) is 3.66. The van der Waals surface area contributed by atoms with E-state index in [1.165, 1.54) is 6.07 Å². The van der Waals surface area contributed by atoms with Crippen molar-refractivity contribution in [2.24, 2.45) is 0 Å². The summed E-state index contributed by atoms with van der Waals surface area (Å²) in [5.74, 6) is 0.154. The van der Waals surface area contributed by atoms with Crippen LogP contribution in [0.2, 0.25) is 0 Å². The predicted octanol–water partition coefficient (Wildman–Crippen LogP) is 2.35. The highest BCUT2D eigenvalue weighted by Crippen LogP contribution is 2.15. The molecule has 0 aliphatic heterocycles. The van der Waals surface area contributed by atoms with Crippen molar-refractivity contribution in [1.82, 2.24) is 0 Å². The van der Waals surface area contributed by atoms with E-state index in [-0.39, 0.29) is 18.1 Å². The molecule has 0 aromatic heterocycles. The Bertz CT molecular complexity index is 729. The second-order valence-corrected chi connectivity index (χ2v) is 6.09. The first kappa shape index (κ1) is 18.7. The molecule has 25 heavy (non-hydrogen) atoms. The highest BCUT2D eigenvalue weighted by molar-refractivity contribution is 5.91. The minimum absolute atomic E-state index is 0.215. The van der Waals surface area contributed by atoms with E-state index in [1.807, 2.05) is 31.3 Å². The van der Waals surface area contributed by atoms with Crippen molar-refractivity contribution in [1.29, 1.82) is 0 Å². The number of quaternary nitrogens is 1. The van der Waals surface area contributed by atoms with Crippen LogP contribution in [-0.2, 0) is 11.3 Å². The Morgan fingerprint density at radius 3 is 2.64 bits per heavy atom. The zero-order chi connectivity index (χ0) is 18.2. The van der Waals surface area contributed by atoms with Crippen molar-refractivity contribution in [2.75, 3.05) is 25.5 Å². The first-order chi connectivity index (χ1) is 12.0. The minimum atomic E-state index is -0.416. The molecule has 0 aliphatic carbocycles. The summed E-state index contributed by atoms with van der Waals surface area (Å²) in [6, 6.07) is 12.5. The number of nitrogens with one attached hydrogen (secondary N) is 2. The van der Waals surface area contributed by atoms with Crippen LogP contribution in [0.3, 0.4) is 0 Å². The van der Waals surface area contributed by atoms with E-state index < -0.39 is 5.82 Å². The lowest BCUT2D eigenvalue weighted by Gasteiger charge is -2.14. The van der Waals surface area contributed by atoms with Gasteiger partial charge in [-0.15, -0.1) is 0 Å². The van der Waals surface area contributed by atoms with E-state index in [2.05, 4.69) is 11.9 Å². The number of rotatable bonds is 8. The number of hydrogen-bond donors (Lipinski definition) is 2. The molecule has 0 saturated carbocycles. The summed E-state index contributed by atoms with van der Waals surface area (Å²) in [6.45, 7) is 6.83. The summed E-state index contributed by atoms with van der Waals surface area (Å²) in [5, 5.41) is 2.62. The van der Waals surface area contributed by atoms with Gasteiger partial charge in [0.15, 0.2) is 6.54 Å². The highest BCUT2D eigenvalue weighted by atomic mass is 19.1. The molecular weight excluding hydrogens is 319 g/mol. The van der Waals surface area contributed by atoms with Crippen LogP contribution in [0.25, 0.3) is 0 Å². The second kappa shape index (κ2) is 8.99. The monoisotopic (exact) mass is 343 g/mol. The minimum Gasteiger partial charge on any atom is -0.490 e. The number of aryl methyl sites for hydroxylation is 1. The maximum atomic E-state index is 13.8. The molecule has 1 unspecified atom stereocenters. The summed E-state index contributed by atoms with van der Waals surface area (Å²) in [5.41, 5.74) is 2.13. The number of amides is 1. The summed E-state index contributed by atoms with van der Waals surface area (Å²) >= 11 is 0. The van der Waals surface area contributed by atoms with Gasteiger partial charge in [-0.05, 0) is 48.9 Å². The first-order valence-corrected chi connectivity index (χ1v) is 8.18. The Kier molecular flexibility index (Phi) is 6.71. The molecule has 0 bridgehead atoms.